The number of hydrogen-bond acceptors (Lipinski definition) is 5. The van der Waals surface area contributed by atoms with Gasteiger partial charge in [-0.15, -0.1) is 10.2 Å². The number of halogens is 1. The number of rotatable bonds is 7. The average molecular weight is 420 g/mol. The Bertz CT molecular complexity index is 1100. The van der Waals surface area contributed by atoms with E-state index in [0.29, 0.717) is 23.3 Å². The smallest absolute Gasteiger partial charge is 0.227 e. The van der Waals surface area contributed by atoms with Crippen molar-refractivity contribution in [3.05, 3.63) is 72.0 Å². The molecular formula is C22H22ClN7. The molecule has 3 aromatic rings. The number of aliphatic imine (C=N–C) groups is 1. The zero-order valence-corrected chi connectivity index (χ0v) is 17.4. The quantitative estimate of drug-likeness (QED) is 0.460. The number of pyridine rings is 1. The van der Waals surface area contributed by atoms with Crippen LogP contribution in [0.4, 0.5) is 5.95 Å². The van der Waals surface area contributed by atoms with Gasteiger partial charge in [0.05, 0.1) is 12.3 Å². The highest BCUT2D eigenvalue weighted by Crippen LogP contribution is 2.32. The van der Waals surface area contributed by atoms with Crippen molar-refractivity contribution in [3.8, 4) is 11.4 Å². The van der Waals surface area contributed by atoms with Crippen LogP contribution in [0, 0.1) is 5.41 Å². The molecule has 1 N–H and O–H groups in total. The lowest BCUT2D eigenvalue weighted by atomic mass is 10.1. The van der Waals surface area contributed by atoms with Crippen molar-refractivity contribution >= 4 is 29.1 Å². The van der Waals surface area contributed by atoms with E-state index in [4.69, 9.17) is 17.0 Å². The Balaban J connectivity index is 1.58. The summed E-state index contributed by atoms with van der Waals surface area (Å²) in [5.41, 5.74) is 2.40. The fourth-order valence-electron chi connectivity index (χ4n) is 3.29. The summed E-state index contributed by atoms with van der Waals surface area (Å²) in [6, 6.07) is 11.5. The molecule has 1 aliphatic rings. The van der Waals surface area contributed by atoms with E-state index in [-0.39, 0.29) is 5.84 Å². The SMILES string of the molecule is C=CC(=NC(=N)CN(c1nnc(-c2ccncc2)n1C)C1CC1)c1cccc(Cl)c1. The van der Waals surface area contributed by atoms with E-state index >= 15 is 0 Å². The van der Waals surface area contributed by atoms with E-state index in [1.807, 2.05) is 41.9 Å². The van der Waals surface area contributed by atoms with Gasteiger partial charge in [0.25, 0.3) is 0 Å². The number of anilines is 1. The molecule has 8 heteroatoms. The topological polar surface area (TPSA) is 83.1 Å². The lowest BCUT2D eigenvalue weighted by Crippen LogP contribution is -2.33. The van der Waals surface area contributed by atoms with Crippen molar-refractivity contribution < 1.29 is 0 Å². The zero-order valence-electron chi connectivity index (χ0n) is 16.7. The van der Waals surface area contributed by atoms with Crippen LogP contribution in [-0.4, -0.2) is 43.9 Å². The van der Waals surface area contributed by atoms with Crippen LogP contribution in [0.15, 0.2) is 66.4 Å². The Morgan fingerprint density at radius 1 is 1.30 bits per heavy atom. The molecule has 0 spiro atoms. The lowest BCUT2D eigenvalue weighted by molar-refractivity contribution is 0.779. The Morgan fingerprint density at radius 3 is 2.73 bits per heavy atom. The minimum atomic E-state index is 0.227. The fourth-order valence-corrected chi connectivity index (χ4v) is 3.48. The van der Waals surface area contributed by atoms with Crippen molar-refractivity contribution in [1.29, 1.82) is 5.41 Å². The van der Waals surface area contributed by atoms with Gasteiger partial charge >= 0.3 is 0 Å². The standard InChI is InChI=1S/C22H22ClN7/c1-3-19(16-5-4-6-17(23)13-16)26-20(24)14-30(18-7-8-18)22-28-27-21(29(22)2)15-9-11-25-12-10-15/h3-6,9-13,18,24H,1,7-8,14H2,2H3. The highest BCUT2D eigenvalue weighted by Gasteiger charge is 2.33. The lowest BCUT2D eigenvalue weighted by Gasteiger charge is -2.22. The van der Waals surface area contributed by atoms with Gasteiger partial charge in [0.1, 0.15) is 5.84 Å². The first-order chi connectivity index (χ1) is 14.6. The molecule has 1 aromatic carbocycles. The fraction of sp³-hybridized carbons (Fsp3) is 0.227. The molecule has 152 valence electrons. The van der Waals surface area contributed by atoms with Gasteiger partial charge in [-0.05, 0) is 43.2 Å². The Morgan fingerprint density at radius 2 is 2.07 bits per heavy atom. The number of nitrogens with zero attached hydrogens (tertiary/aromatic N) is 6. The monoisotopic (exact) mass is 419 g/mol. The molecule has 0 bridgehead atoms. The molecular weight excluding hydrogens is 398 g/mol. The predicted octanol–water partition coefficient (Wildman–Crippen LogP) is 4.15. The third kappa shape index (κ3) is 4.31. The zero-order chi connectivity index (χ0) is 21.1. The summed E-state index contributed by atoms with van der Waals surface area (Å²) in [6.45, 7) is 4.18. The van der Waals surface area contributed by atoms with Crippen LogP contribution >= 0.6 is 11.6 Å². The van der Waals surface area contributed by atoms with Gasteiger partial charge in [0, 0.05) is 41.6 Å². The highest BCUT2D eigenvalue weighted by molar-refractivity contribution is 6.31. The number of aromatic nitrogens is 4. The van der Waals surface area contributed by atoms with Crippen molar-refractivity contribution in [1.82, 2.24) is 19.7 Å². The van der Waals surface area contributed by atoms with E-state index < -0.39 is 0 Å². The summed E-state index contributed by atoms with van der Waals surface area (Å²) in [5, 5.41) is 17.9. The maximum atomic E-state index is 8.49. The van der Waals surface area contributed by atoms with Crippen molar-refractivity contribution in [2.24, 2.45) is 12.0 Å². The number of nitrogens with one attached hydrogen (secondary N) is 1. The van der Waals surface area contributed by atoms with Crippen molar-refractivity contribution in [3.63, 3.8) is 0 Å². The number of allylic oxidation sites excluding steroid dienone is 1. The molecule has 7 nitrogen and oxygen atoms in total. The molecule has 0 unspecified atom stereocenters. The van der Waals surface area contributed by atoms with Gasteiger partial charge in [-0.2, -0.15) is 0 Å². The van der Waals surface area contributed by atoms with Crippen LogP contribution in [0.3, 0.4) is 0 Å². The Labute approximate surface area is 180 Å². The van der Waals surface area contributed by atoms with Gasteiger partial charge in [0.15, 0.2) is 5.82 Å². The molecule has 0 saturated heterocycles. The third-order valence-corrected chi connectivity index (χ3v) is 5.16. The van der Waals surface area contributed by atoms with Crippen LogP contribution in [-0.2, 0) is 7.05 Å². The van der Waals surface area contributed by atoms with Crippen molar-refractivity contribution in [2.75, 3.05) is 11.4 Å². The van der Waals surface area contributed by atoms with Crippen molar-refractivity contribution in [2.45, 2.75) is 18.9 Å². The molecule has 1 aliphatic carbocycles. The van der Waals surface area contributed by atoms with E-state index in [9.17, 15) is 0 Å². The van der Waals surface area contributed by atoms with Crippen LogP contribution in [0.25, 0.3) is 11.4 Å². The maximum absolute atomic E-state index is 8.49. The highest BCUT2D eigenvalue weighted by atomic mass is 35.5. The van der Waals surface area contributed by atoms with E-state index in [2.05, 4.69) is 31.7 Å². The number of benzene rings is 1. The second-order valence-electron chi connectivity index (χ2n) is 7.14. The molecule has 4 rings (SSSR count). The molecule has 0 aliphatic heterocycles. The summed E-state index contributed by atoms with van der Waals surface area (Å²) in [5.74, 6) is 1.72. The van der Waals surface area contributed by atoms with E-state index in [1.54, 1.807) is 24.5 Å². The number of hydrogen-bond donors (Lipinski definition) is 1. The van der Waals surface area contributed by atoms with Crippen LogP contribution < -0.4 is 4.90 Å². The second kappa shape index (κ2) is 8.59. The maximum Gasteiger partial charge on any atom is 0.227 e. The summed E-state index contributed by atoms with van der Waals surface area (Å²) >= 11 is 6.09. The van der Waals surface area contributed by atoms with Gasteiger partial charge in [0.2, 0.25) is 5.95 Å². The van der Waals surface area contributed by atoms with Gasteiger partial charge in [-0.25, -0.2) is 4.99 Å². The molecule has 0 radical (unpaired) electrons. The van der Waals surface area contributed by atoms with Gasteiger partial charge < -0.3 is 4.90 Å². The molecule has 1 saturated carbocycles. The molecule has 1 fully saturated rings. The van der Waals surface area contributed by atoms with Gasteiger partial charge in [-0.1, -0.05) is 30.3 Å². The Hall–Kier alpha value is -3.32. The Kier molecular flexibility index (Phi) is 5.72. The summed E-state index contributed by atoms with van der Waals surface area (Å²) in [4.78, 5) is 10.7. The average Bonchev–Trinajstić information content (AvgIpc) is 3.53. The van der Waals surface area contributed by atoms with E-state index in [0.717, 1.165) is 35.7 Å². The molecule has 2 aromatic heterocycles. The van der Waals surface area contributed by atoms with Crippen LogP contribution in [0.5, 0.6) is 0 Å². The summed E-state index contributed by atoms with van der Waals surface area (Å²) in [7, 11) is 1.94. The molecule has 0 amide bonds. The summed E-state index contributed by atoms with van der Waals surface area (Å²) < 4.78 is 1.95. The minimum Gasteiger partial charge on any atom is -0.330 e. The second-order valence-corrected chi connectivity index (χ2v) is 7.57. The molecule has 0 atom stereocenters. The normalized spacial score (nSPS) is 13.9. The van der Waals surface area contributed by atoms with Gasteiger partial charge in [-0.3, -0.25) is 15.0 Å². The van der Waals surface area contributed by atoms with Crippen LogP contribution in [0.1, 0.15) is 18.4 Å². The number of amidine groups is 1. The first kappa shape index (κ1) is 20.0. The largest absolute Gasteiger partial charge is 0.330 e. The van der Waals surface area contributed by atoms with Crippen LogP contribution in [0.2, 0.25) is 5.02 Å². The minimum absolute atomic E-state index is 0.227. The predicted molar refractivity (Wildman–Crippen MR) is 121 cm³/mol. The molecule has 30 heavy (non-hydrogen) atoms. The third-order valence-electron chi connectivity index (χ3n) is 4.92. The summed E-state index contributed by atoms with van der Waals surface area (Å²) in [6.07, 6.45) is 7.25. The van der Waals surface area contributed by atoms with E-state index in [1.165, 1.54) is 0 Å². The first-order valence-corrected chi connectivity index (χ1v) is 10.1. The molecule has 2 heterocycles. The first-order valence-electron chi connectivity index (χ1n) is 9.67.